The molecule has 2 aromatic carbocycles. The number of carbonyl (C=O) groups is 2. The van der Waals surface area contributed by atoms with E-state index < -0.39 is 11.3 Å². The molecular formula is C16H12ClN3O2. The molecule has 2 aromatic rings. The number of hydrogen-bond donors (Lipinski definition) is 1. The number of amidine groups is 1. The number of halogens is 1. The Balaban J connectivity index is 1.82. The van der Waals surface area contributed by atoms with Crippen LogP contribution >= 0.6 is 11.6 Å². The number of anilines is 1. The molecule has 6 heteroatoms. The van der Waals surface area contributed by atoms with Gasteiger partial charge in [-0.3, -0.25) is 9.59 Å². The molecule has 0 aliphatic carbocycles. The number of para-hydroxylation sites is 1. The van der Waals surface area contributed by atoms with Gasteiger partial charge in [0.2, 0.25) is 0 Å². The summed E-state index contributed by atoms with van der Waals surface area (Å²) in [6.45, 7) is 0. The van der Waals surface area contributed by atoms with Crippen LogP contribution < -0.4 is 10.3 Å². The molecule has 1 aliphatic rings. The maximum Gasteiger partial charge on any atom is 0.273 e. The predicted octanol–water partition coefficient (Wildman–Crippen LogP) is 2.38. The van der Waals surface area contributed by atoms with Gasteiger partial charge >= 0.3 is 0 Å². The summed E-state index contributed by atoms with van der Waals surface area (Å²) in [7, 11) is 0. The highest BCUT2D eigenvalue weighted by Crippen LogP contribution is 2.22. The fourth-order valence-corrected chi connectivity index (χ4v) is 2.24. The number of alkyl halides is 1. The number of hydrogen-bond acceptors (Lipinski definition) is 3. The zero-order valence-electron chi connectivity index (χ0n) is 11.4. The Hall–Kier alpha value is -2.66. The second-order valence-corrected chi connectivity index (χ2v) is 5.09. The van der Waals surface area contributed by atoms with Crippen LogP contribution in [0.15, 0.2) is 65.8 Å². The van der Waals surface area contributed by atoms with Crippen molar-refractivity contribution in [1.29, 1.82) is 0 Å². The number of nitrogens with zero attached hydrogens (tertiary/aromatic N) is 2. The topological polar surface area (TPSA) is 61.8 Å². The van der Waals surface area contributed by atoms with Crippen LogP contribution in [0.2, 0.25) is 0 Å². The number of rotatable bonds is 2. The number of amides is 2. The van der Waals surface area contributed by atoms with Crippen LogP contribution in [-0.2, 0) is 4.79 Å². The molecule has 1 aliphatic heterocycles. The van der Waals surface area contributed by atoms with Crippen LogP contribution in [-0.4, -0.2) is 23.0 Å². The maximum atomic E-state index is 12.2. The number of nitrogens with one attached hydrogen (secondary N) is 1. The minimum atomic E-state index is -1.01. The van der Waals surface area contributed by atoms with Crippen LogP contribution in [0.5, 0.6) is 0 Å². The summed E-state index contributed by atoms with van der Waals surface area (Å²) in [6, 6.07) is 17.6. The van der Waals surface area contributed by atoms with Crippen LogP contribution in [0.25, 0.3) is 0 Å². The second-order valence-electron chi connectivity index (χ2n) is 4.65. The molecule has 0 aromatic heterocycles. The molecule has 2 amide bonds. The summed E-state index contributed by atoms with van der Waals surface area (Å²) in [6.07, 6.45) is 0. The van der Waals surface area contributed by atoms with Crippen LogP contribution in [0.4, 0.5) is 5.69 Å². The average Bonchev–Trinajstić information content (AvgIpc) is 2.85. The van der Waals surface area contributed by atoms with Crippen molar-refractivity contribution in [2.45, 2.75) is 5.38 Å². The van der Waals surface area contributed by atoms with Gasteiger partial charge in [-0.1, -0.05) is 36.4 Å². The fraction of sp³-hybridized carbons (Fsp3) is 0.0625. The third-order valence-electron chi connectivity index (χ3n) is 3.15. The number of carbonyl (C=O) groups excluding carboxylic acids is 2. The molecule has 3 rings (SSSR count). The highest BCUT2D eigenvalue weighted by atomic mass is 35.5. The van der Waals surface area contributed by atoms with Gasteiger partial charge in [0.1, 0.15) is 0 Å². The molecule has 0 fully saturated rings. The van der Waals surface area contributed by atoms with Gasteiger partial charge in [0, 0.05) is 5.56 Å². The lowest BCUT2D eigenvalue weighted by molar-refractivity contribution is -0.116. The smallest absolute Gasteiger partial charge is 0.273 e. The molecule has 22 heavy (non-hydrogen) atoms. The van der Waals surface area contributed by atoms with E-state index >= 15 is 0 Å². The molecule has 0 bridgehead atoms. The van der Waals surface area contributed by atoms with Gasteiger partial charge in [-0.05, 0) is 24.3 Å². The van der Waals surface area contributed by atoms with Crippen LogP contribution in [0, 0.1) is 0 Å². The molecular weight excluding hydrogens is 302 g/mol. The summed E-state index contributed by atoms with van der Waals surface area (Å²) in [5.74, 6) is -0.617. The monoisotopic (exact) mass is 313 g/mol. The Kier molecular flexibility index (Phi) is 3.89. The van der Waals surface area contributed by atoms with Crippen LogP contribution in [0.1, 0.15) is 10.4 Å². The zero-order chi connectivity index (χ0) is 15.5. The van der Waals surface area contributed by atoms with E-state index in [1.165, 1.54) is 5.01 Å². The number of hydrazone groups is 1. The van der Waals surface area contributed by atoms with Gasteiger partial charge in [0.15, 0.2) is 11.2 Å². The summed E-state index contributed by atoms with van der Waals surface area (Å²) >= 11 is 6.07. The summed E-state index contributed by atoms with van der Waals surface area (Å²) in [4.78, 5) is 24.3. The SMILES string of the molecule is O=C(NC1=NN(c2ccccc2)C(=O)C1Cl)c1ccccc1. The quantitative estimate of drug-likeness (QED) is 0.865. The van der Waals surface area contributed by atoms with Gasteiger partial charge in [-0.25, -0.2) is 0 Å². The van der Waals surface area contributed by atoms with E-state index in [-0.39, 0.29) is 11.7 Å². The largest absolute Gasteiger partial charge is 0.307 e. The van der Waals surface area contributed by atoms with E-state index in [1.807, 2.05) is 12.1 Å². The van der Waals surface area contributed by atoms with E-state index in [9.17, 15) is 9.59 Å². The molecule has 0 radical (unpaired) electrons. The van der Waals surface area contributed by atoms with Crippen molar-refractivity contribution >= 4 is 34.9 Å². The molecule has 0 spiro atoms. The molecule has 1 atom stereocenters. The number of benzene rings is 2. The molecule has 0 saturated carbocycles. The third-order valence-corrected chi connectivity index (χ3v) is 3.55. The average molecular weight is 314 g/mol. The van der Waals surface area contributed by atoms with Gasteiger partial charge < -0.3 is 5.32 Å². The van der Waals surface area contributed by atoms with E-state index in [0.717, 1.165) is 0 Å². The minimum Gasteiger partial charge on any atom is -0.307 e. The van der Waals surface area contributed by atoms with Crippen LogP contribution in [0.3, 0.4) is 0 Å². The van der Waals surface area contributed by atoms with Gasteiger partial charge in [-0.2, -0.15) is 5.01 Å². The highest BCUT2D eigenvalue weighted by Gasteiger charge is 2.36. The van der Waals surface area contributed by atoms with Gasteiger partial charge in [-0.15, -0.1) is 16.7 Å². The van der Waals surface area contributed by atoms with Crippen molar-refractivity contribution in [3.8, 4) is 0 Å². The van der Waals surface area contributed by atoms with Crippen molar-refractivity contribution in [3.63, 3.8) is 0 Å². The maximum absolute atomic E-state index is 12.2. The first-order chi connectivity index (χ1) is 10.7. The lowest BCUT2D eigenvalue weighted by Gasteiger charge is -2.10. The molecule has 1 heterocycles. The Morgan fingerprint density at radius 3 is 2.27 bits per heavy atom. The third kappa shape index (κ3) is 2.71. The molecule has 0 saturated heterocycles. The van der Waals surface area contributed by atoms with Crippen molar-refractivity contribution in [2.75, 3.05) is 5.01 Å². The lowest BCUT2D eigenvalue weighted by atomic mass is 10.2. The Morgan fingerprint density at radius 1 is 1.05 bits per heavy atom. The Labute approximate surface area is 132 Å². The second kappa shape index (κ2) is 5.99. The van der Waals surface area contributed by atoms with E-state index in [2.05, 4.69) is 10.4 Å². The van der Waals surface area contributed by atoms with Crippen molar-refractivity contribution in [3.05, 3.63) is 66.2 Å². The zero-order valence-corrected chi connectivity index (χ0v) is 12.2. The van der Waals surface area contributed by atoms with E-state index in [0.29, 0.717) is 11.3 Å². The molecule has 1 unspecified atom stereocenters. The van der Waals surface area contributed by atoms with E-state index in [1.54, 1.807) is 48.5 Å². The Morgan fingerprint density at radius 2 is 1.64 bits per heavy atom. The molecule has 5 nitrogen and oxygen atoms in total. The normalized spacial score (nSPS) is 17.3. The summed E-state index contributed by atoms with van der Waals surface area (Å²) in [5, 5.41) is 6.90. The lowest BCUT2D eigenvalue weighted by Crippen LogP contribution is -2.37. The van der Waals surface area contributed by atoms with Crippen molar-refractivity contribution in [1.82, 2.24) is 5.32 Å². The first-order valence-corrected chi connectivity index (χ1v) is 7.08. The highest BCUT2D eigenvalue weighted by molar-refractivity contribution is 6.47. The Bertz CT molecular complexity index is 732. The van der Waals surface area contributed by atoms with E-state index in [4.69, 9.17) is 11.6 Å². The molecule has 1 N–H and O–H groups in total. The summed E-state index contributed by atoms with van der Waals surface area (Å²) in [5.41, 5.74) is 1.07. The standard InChI is InChI=1S/C16H12ClN3O2/c17-13-14(18-15(21)11-7-3-1-4-8-11)19-20(16(13)22)12-9-5-2-6-10-12/h1-10,13H,(H,18,19,21). The predicted molar refractivity (Wildman–Crippen MR) is 84.9 cm³/mol. The van der Waals surface area contributed by atoms with Crippen molar-refractivity contribution < 1.29 is 9.59 Å². The fourth-order valence-electron chi connectivity index (χ4n) is 2.05. The first kappa shape index (κ1) is 14.3. The van der Waals surface area contributed by atoms with Crippen molar-refractivity contribution in [2.24, 2.45) is 5.10 Å². The van der Waals surface area contributed by atoms with Gasteiger partial charge in [0.25, 0.3) is 11.8 Å². The van der Waals surface area contributed by atoms with Gasteiger partial charge in [0.05, 0.1) is 5.69 Å². The first-order valence-electron chi connectivity index (χ1n) is 6.65. The minimum absolute atomic E-state index is 0.129. The summed E-state index contributed by atoms with van der Waals surface area (Å²) < 4.78 is 0. The molecule has 110 valence electrons.